The van der Waals surface area contributed by atoms with E-state index in [0.717, 1.165) is 31.6 Å². The number of piperidine rings is 2. The van der Waals surface area contributed by atoms with Crippen molar-refractivity contribution in [2.24, 2.45) is 5.41 Å². The maximum atomic E-state index is 13.6. The maximum Gasteiger partial charge on any atom is 0.260 e. The molecule has 2 aromatic rings. The molecule has 0 unspecified atom stereocenters. The van der Waals surface area contributed by atoms with Gasteiger partial charge in [-0.15, -0.1) is 0 Å². The predicted octanol–water partition coefficient (Wildman–Crippen LogP) is 4.10. The number of carbonyl (C=O) groups excluding carboxylic acids is 1. The van der Waals surface area contributed by atoms with Crippen LogP contribution in [0.15, 0.2) is 18.3 Å². The molecule has 3 aliphatic rings. The zero-order valence-electron chi connectivity index (χ0n) is 21.0. The summed E-state index contributed by atoms with van der Waals surface area (Å²) in [6.45, 7) is 3.93. The lowest BCUT2D eigenvalue weighted by Crippen LogP contribution is -2.40. The lowest BCUT2D eigenvalue weighted by molar-refractivity contribution is -0.0222. The SMILES string of the molecule is Cc1cc(NC(=O)c2cnc(NSCCO)cc2N2CCC3(CC2)CC3)nc(N2CCC(F)(F)CC2)n1. The van der Waals surface area contributed by atoms with Gasteiger partial charge in [0.25, 0.3) is 11.8 Å². The monoisotopic (exact) mass is 533 g/mol. The molecule has 2 aromatic heterocycles. The second-order valence-electron chi connectivity index (χ2n) is 10.2. The third kappa shape index (κ3) is 6.23. The van der Waals surface area contributed by atoms with Crippen LogP contribution >= 0.6 is 11.9 Å². The summed E-state index contributed by atoms with van der Waals surface area (Å²) >= 11 is 1.35. The molecule has 0 radical (unpaired) electrons. The van der Waals surface area contributed by atoms with Gasteiger partial charge in [-0.3, -0.25) is 4.79 Å². The predicted molar refractivity (Wildman–Crippen MR) is 142 cm³/mol. The first-order chi connectivity index (χ1) is 17.8. The van der Waals surface area contributed by atoms with Crippen LogP contribution in [0.4, 0.5) is 32.1 Å². The average molecular weight is 534 g/mol. The fourth-order valence-corrected chi connectivity index (χ4v) is 5.44. The Hall–Kier alpha value is -2.73. The van der Waals surface area contributed by atoms with Gasteiger partial charge in [0.1, 0.15) is 11.6 Å². The highest BCUT2D eigenvalue weighted by Gasteiger charge is 2.44. The van der Waals surface area contributed by atoms with Gasteiger partial charge in [0.05, 0.1) is 17.9 Å². The molecular weight excluding hydrogens is 500 g/mol. The van der Waals surface area contributed by atoms with E-state index in [0.29, 0.717) is 40.0 Å². The Morgan fingerprint density at radius 2 is 1.73 bits per heavy atom. The number of nitrogens with zero attached hydrogens (tertiary/aromatic N) is 5. The highest BCUT2D eigenvalue weighted by molar-refractivity contribution is 8.00. The number of aryl methyl sites for hydroxylation is 1. The Morgan fingerprint density at radius 3 is 2.41 bits per heavy atom. The second kappa shape index (κ2) is 10.6. The molecule has 0 atom stereocenters. The molecular formula is C25H33F2N7O2S. The number of carbonyl (C=O) groups is 1. The summed E-state index contributed by atoms with van der Waals surface area (Å²) in [5.74, 6) is -1.18. The summed E-state index contributed by atoms with van der Waals surface area (Å²) in [5.41, 5.74) is 2.39. The van der Waals surface area contributed by atoms with Crippen LogP contribution < -0.4 is 19.8 Å². The van der Waals surface area contributed by atoms with Crippen LogP contribution in [0.5, 0.6) is 0 Å². The minimum atomic E-state index is -2.66. The molecule has 5 rings (SSSR count). The van der Waals surface area contributed by atoms with E-state index in [9.17, 15) is 13.6 Å². The van der Waals surface area contributed by atoms with Crippen LogP contribution in [0.3, 0.4) is 0 Å². The highest BCUT2D eigenvalue weighted by atomic mass is 32.2. The van der Waals surface area contributed by atoms with Crippen molar-refractivity contribution < 1.29 is 18.7 Å². The van der Waals surface area contributed by atoms with Crippen molar-refractivity contribution in [1.29, 1.82) is 0 Å². The number of rotatable bonds is 8. The smallest absolute Gasteiger partial charge is 0.260 e. The van der Waals surface area contributed by atoms with E-state index in [1.807, 2.05) is 6.07 Å². The first kappa shape index (κ1) is 25.9. The van der Waals surface area contributed by atoms with Gasteiger partial charge in [0.15, 0.2) is 0 Å². The number of aromatic nitrogens is 3. The Kier molecular flexibility index (Phi) is 7.39. The highest BCUT2D eigenvalue weighted by Crippen LogP contribution is 2.54. The fourth-order valence-electron chi connectivity index (χ4n) is 4.98. The number of pyridine rings is 1. The number of aliphatic hydroxyl groups excluding tert-OH is 1. The standard InChI is InChI=1S/C25H33F2N7O2S/c1-17-14-21(31-23(29-17)34-10-6-25(26,27)7-11-34)30-22(36)18-16-28-20(32-37-13-12-35)15-19(18)33-8-4-24(2-3-24)5-9-33/h14-16,35H,2-13H2,1H3,(H,28,32)(H,29,30,31,36). The molecule has 1 saturated carbocycles. The summed E-state index contributed by atoms with van der Waals surface area (Å²) in [5, 5.41) is 12.0. The minimum absolute atomic E-state index is 0.0550. The quantitative estimate of drug-likeness (QED) is 0.342. The number of aliphatic hydroxyl groups is 1. The Balaban J connectivity index is 1.35. The van der Waals surface area contributed by atoms with Gasteiger partial charge in [0.2, 0.25) is 5.95 Å². The number of amides is 1. The van der Waals surface area contributed by atoms with E-state index in [2.05, 4.69) is 29.9 Å². The molecule has 0 bridgehead atoms. The number of hydrogen-bond acceptors (Lipinski definition) is 9. The van der Waals surface area contributed by atoms with Gasteiger partial charge >= 0.3 is 0 Å². The molecule has 2 aliphatic heterocycles. The maximum absolute atomic E-state index is 13.6. The molecule has 200 valence electrons. The molecule has 1 spiro atoms. The van der Waals surface area contributed by atoms with Crippen molar-refractivity contribution >= 4 is 41.1 Å². The number of alkyl halides is 2. The van der Waals surface area contributed by atoms with E-state index in [1.54, 1.807) is 24.1 Å². The lowest BCUT2D eigenvalue weighted by Gasteiger charge is -2.35. The lowest BCUT2D eigenvalue weighted by atomic mass is 9.93. The fraction of sp³-hybridized carbons (Fsp3) is 0.600. The van der Waals surface area contributed by atoms with Crippen LogP contribution in [-0.2, 0) is 0 Å². The van der Waals surface area contributed by atoms with Gasteiger partial charge in [-0.2, -0.15) is 4.98 Å². The van der Waals surface area contributed by atoms with Crippen molar-refractivity contribution in [2.75, 3.05) is 58.4 Å². The molecule has 37 heavy (non-hydrogen) atoms. The van der Waals surface area contributed by atoms with Gasteiger partial charge in [0, 0.05) is 68.8 Å². The number of nitrogens with one attached hydrogen (secondary N) is 2. The Labute approximate surface area is 219 Å². The van der Waals surface area contributed by atoms with Crippen LogP contribution in [0.25, 0.3) is 0 Å². The molecule has 3 fully saturated rings. The Bertz CT molecular complexity index is 1130. The third-order valence-corrected chi connectivity index (χ3v) is 8.22. The van der Waals surface area contributed by atoms with E-state index < -0.39 is 5.92 Å². The van der Waals surface area contributed by atoms with E-state index in [4.69, 9.17) is 5.11 Å². The normalized spacial score (nSPS) is 20.1. The zero-order valence-corrected chi connectivity index (χ0v) is 21.8. The van der Waals surface area contributed by atoms with E-state index in [1.165, 1.54) is 24.8 Å². The summed E-state index contributed by atoms with van der Waals surface area (Å²) in [6, 6.07) is 3.56. The number of hydrogen-bond donors (Lipinski definition) is 3. The first-order valence-corrected chi connectivity index (χ1v) is 13.8. The second-order valence-corrected chi connectivity index (χ2v) is 11.1. The van der Waals surface area contributed by atoms with Crippen LogP contribution in [0.2, 0.25) is 0 Å². The number of halogens is 2. The average Bonchev–Trinajstić information content (AvgIpc) is 3.62. The van der Waals surface area contributed by atoms with Crippen LogP contribution in [0, 0.1) is 12.3 Å². The summed E-state index contributed by atoms with van der Waals surface area (Å²) in [7, 11) is 0. The van der Waals surface area contributed by atoms with E-state index in [-0.39, 0.29) is 38.4 Å². The molecule has 4 heterocycles. The summed E-state index contributed by atoms with van der Waals surface area (Å²) < 4.78 is 30.4. The molecule has 12 heteroatoms. The molecule has 0 aromatic carbocycles. The van der Waals surface area contributed by atoms with Crippen molar-refractivity contribution in [3.8, 4) is 0 Å². The van der Waals surface area contributed by atoms with Gasteiger partial charge in [-0.25, -0.2) is 18.7 Å². The van der Waals surface area contributed by atoms with Crippen LogP contribution in [0.1, 0.15) is 54.6 Å². The van der Waals surface area contributed by atoms with Crippen molar-refractivity contribution in [1.82, 2.24) is 15.0 Å². The molecule has 9 nitrogen and oxygen atoms in total. The topological polar surface area (TPSA) is 107 Å². The van der Waals surface area contributed by atoms with Gasteiger partial charge in [-0.05, 0) is 50.0 Å². The van der Waals surface area contributed by atoms with E-state index >= 15 is 0 Å². The molecule has 1 aliphatic carbocycles. The molecule has 2 saturated heterocycles. The Morgan fingerprint density at radius 1 is 1.03 bits per heavy atom. The molecule has 1 amide bonds. The first-order valence-electron chi connectivity index (χ1n) is 12.8. The molecule has 3 N–H and O–H groups in total. The van der Waals surface area contributed by atoms with Gasteiger partial charge in [-0.1, -0.05) is 0 Å². The van der Waals surface area contributed by atoms with Crippen molar-refractivity contribution in [3.63, 3.8) is 0 Å². The third-order valence-electron chi connectivity index (χ3n) is 7.48. The zero-order chi connectivity index (χ0) is 26.0. The largest absolute Gasteiger partial charge is 0.395 e. The van der Waals surface area contributed by atoms with Gasteiger partial charge < -0.3 is 24.9 Å². The van der Waals surface area contributed by atoms with Crippen molar-refractivity contribution in [3.05, 3.63) is 29.6 Å². The van der Waals surface area contributed by atoms with Crippen LogP contribution in [-0.4, -0.2) is 70.4 Å². The summed E-state index contributed by atoms with van der Waals surface area (Å²) in [6.07, 6.45) is 5.89. The minimum Gasteiger partial charge on any atom is -0.395 e. The van der Waals surface area contributed by atoms with Crippen molar-refractivity contribution in [2.45, 2.75) is 51.4 Å². The number of anilines is 4. The summed E-state index contributed by atoms with van der Waals surface area (Å²) in [4.78, 5) is 30.7.